The van der Waals surface area contributed by atoms with Crippen molar-refractivity contribution in [3.8, 4) is 57.1 Å². The van der Waals surface area contributed by atoms with Crippen LogP contribution in [0.3, 0.4) is 0 Å². The van der Waals surface area contributed by atoms with Gasteiger partial charge in [-0.1, -0.05) is 51.2 Å². The van der Waals surface area contributed by atoms with Gasteiger partial charge in [-0.25, -0.2) is 44.9 Å². The first-order chi connectivity index (χ1) is 53.1. The number of nitrogens with one attached hydrogen (secondary N) is 7. The Morgan fingerprint density at radius 1 is 0.451 bits per heavy atom. The predicted molar refractivity (Wildman–Crippen MR) is 414 cm³/mol. The van der Waals surface area contributed by atoms with Crippen LogP contribution in [0.25, 0.3) is 77.6 Å². The third-order valence-corrected chi connectivity index (χ3v) is 17.1. The molecule has 0 fully saturated rings. The maximum absolute atomic E-state index is 12.5. The average Bonchev–Trinajstić information content (AvgIpc) is 1.69. The number of aromatic nitrogens is 11. The van der Waals surface area contributed by atoms with E-state index in [1.54, 1.807) is 76.5 Å². The zero-order valence-electron chi connectivity index (χ0n) is 61.5. The summed E-state index contributed by atoms with van der Waals surface area (Å²) in [7, 11) is 0. The zero-order valence-corrected chi connectivity index (χ0v) is 62.3. The molecule has 4 aromatic carbocycles. The first-order valence-corrected chi connectivity index (χ1v) is 35.3. The van der Waals surface area contributed by atoms with Gasteiger partial charge in [-0.15, -0.1) is 0 Å². The fraction of sp³-hybridized carbons (Fsp3) is 0.320. The van der Waals surface area contributed by atoms with E-state index in [2.05, 4.69) is 76.1 Å². The number of amides is 3. The number of hydrogen-bond donors (Lipinski definition) is 8. The molecule has 0 saturated heterocycles. The Balaban J connectivity index is 0.000000403. The third kappa shape index (κ3) is 25.4. The lowest BCUT2D eigenvalue weighted by molar-refractivity contribution is -0.143. The monoisotopic (exact) mass is 1610 g/mol. The first-order valence-electron chi connectivity index (χ1n) is 34.5. The van der Waals surface area contributed by atoms with E-state index in [4.69, 9.17) is 15.2 Å². The molecule has 8 heterocycles. The molecular formula is C75H87F12N19O6S. The number of ether oxygens (including phenoxy) is 2. The topological polar surface area (TPSA) is 339 Å². The van der Waals surface area contributed by atoms with E-state index >= 15 is 0 Å². The lowest BCUT2D eigenvalue weighted by Gasteiger charge is -2.26. The van der Waals surface area contributed by atoms with Gasteiger partial charge in [-0.2, -0.15) is 52.7 Å². The lowest BCUT2D eigenvalue weighted by Crippen LogP contribution is -2.50. The number of halogens is 12. The van der Waals surface area contributed by atoms with Crippen molar-refractivity contribution < 1.29 is 89.9 Å². The van der Waals surface area contributed by atoms with E-state index in [0.29, 0.717) is 68.8 Å². The fourth-order valence-corrected chi connectivity index (χ4v) is 11.4. The Morgan fingerprint density at radius 3 is 1.30 bits per heavy atom. The van der Waals surface area contributed by atoms with Crippen molar-refractivity contribution in [2.24, 2.45) is 11.8 Å². The summed E-state index contributed by atoms with van der Waals surface area (Å²) in [5.41, 5.74) is 8.50. The summed E-state index contributed by atoms with van der Waals surface area (Å²) in [6.45, 7) is 8.86. The maximum atomic E-state index is 12.5. The molecule has 9 N–H and O–H groups in total. The molecule has 11 aromatic rings. The van der Waals surface area contributed by atoms with Crippen LogP contribution in [-0.2, 0) is 19.2 Å². The lowest BCUT2D eigenvalue weighted by atomic mass is 9.97. The average molecular weight is 1610 g/mol. The third-order valence-electron chi connectivity index (χ3n) is 16.2. The van der Waals surface area contributed by atoms with Gasteiger partial charge in [0.05, 0.1) is 33.7 Å². The summed E-state index contributed by atoms with van der Waals surface area (Å²) < 4.78 is 160. The summed E-state index contributed by atoms with van der Waals surface area (Å²) in [6, 6.07) is 34.0. The summed E-state index contributed by atoms with van der Waals surface area (Å²) in [5.74, 6) is 0.877. The zero-order chi connectivity index (χ0) is 82.2. The van der Waals surface area contributed by atoms with Crippen molar-refractivity contribution in [3.63, 3.8) is 0 Å². The molecule has 1 aliphatic rings. The van der Waals surface area contributed by atoms with Crippen molar-refractivity contribution in [1.29, 1.82) is 0 Å². The number of nitrogen functional groups attached to an aromatic ring is 1. The Labute approximate surface area is 650 Å². The van der Waals surface area contributed by atoms with E-state index in [1.807, 2.05) is 94.8 Å². The van der Waals surface area contributed by atoms with Crippen LogP contribution in [0, 0.1) is 11.8 Å². The number of benzene rings is 4. The molecule has 608 valence electrons. The number of fused-ring (bicyclic) bond motifs is 4. The Morgan fingerprint density at radius 2 is 0.850 bits per heavy atom. The summed E-state index contributed by atoms with van der Waals surface area (Å²) in [5, 5.41) is 19.5. The molecular weight excluding hydrogens is 1520 g/mol. The molecule has 3 amide bonds. The first kappa shape index (κ1) is 84.8. The number of nitrogens with two attached hydrogens (primary N) is 1. The largest absolute Gasteiger partial charge is 0.454 e. The Bertz CT molecular complexity index is 5180. The molecule has 0 bridgehead atoms. The van der Waals surface area contributed by atoms with Crippen molar-refractivity contribution >= 4 is 95.3 Å². The normalized spacial score (nSPS) is 12.8. The van der Waals surface area contributed by atoms with E-state index < -0.39 is 104 Å². The van der Waals surface area contributed by atoms with Crippen LogP contribution in [0.4, 0.5) is 81.1 Å². The number of carbonyl (C=O) groups excluding carboxylic acids is 4. The van der Waals surface area contributed by atoms with E-state index in [9.17, 15) is 71.9 Å². The van der Waals surface area contributed by atoms with Gasteiger partial charge in [0, 0.05) is 85.2 Å². The molecule has 7 aromatic heterocycles. The highest BCUT2D eigenvalue weighted by Crippen LogP contribution is 2.36. The highest BCUT2D eigenvalue weighted by molar-refractivity contribution is 7.22. The summed E-state index contributed by atoms with van der Waals surface area (Å²) in [4.78, 5) is 95.9. The molecule has 0 saturated carbocycles. The maximum Gasteiger partial charge on any atom is 0.405 e. The number of rotatable bonds is 23. The number of thiazole rings is 1. The molecule has 113 heavy (non-hydrogen) atoms. The van der Waals surface area contributed by atoms with Crippen molar-refractivity contribution in [2.75, 3.05) is 53.4 Å². The molecule has 1 aliphatic heterocycles. The highest BCUT2D eigenvalue weighted by atomic mass is 32.1. The number of pyridine rings is 2. The number of carbonyl (C=O) groups is 4. The second-order valence-corrected chi connectivity index (χ2v) is 28.0. The van der Waals surface area contributed by atoms with Crippen molar-refractivity contribution in [3.05, 3.63) is 159 Å². The number of ketones is 1. The smallest absolute Gasteiger partial charge is 0.405 e. The van der Waals surface area contributed by atoms with E-state index in [0.717, 1.165) is 48.7 Å². The predicted octanol–water partition coefficient (Wildman–Crippen LogP) is 16.3. The van der Waals surface area contributed by atoms with Gasteiger partial charge in [-0.05, 0) is 149 Å². The molecule has 12 rings (SSSR count). The van der Waals surface area contributed by atoms with Gasteiger partial charge in [0.1, 0.15) is 60.0 Å². The van der Waals surface area contributed by atoms with Crippen LogP contribution < -0.4 is 52.4 Å². The minimum atomic E-state index is -4.48. The van der Waals surface area contributed by atoms with Crippen LogP contribution in [0.15, 0.2) is 159 Å². The van der Waals surface area contributed by atoms with Crippen LogP contribution in [0.1, 0.15) is 76.8 Å². The van der Waals surface area contributed by atoms with Gasteiger partial charge in [0.15, 0.2) is 45.7 Å². The highest BCUT2D eigenvalue weighted by Gasteiger charge is 2.37. The number of anilines is 5. The van der Waals surface area contributed by atoms with E-state index in [1.165, 1.54) is 69.9 Å². The minimum absolute atomic E-state index is 0. The van der Waals surface area contributed by atoms with Gasteiger partial charge in [-0.3, -0.25) is 29.1 Å². The van der Waals surface area contributed by atoms with Crippen LogP contribution in [0.2, 0.25) is 0 Å². The molecule has 2 atom stereocenters. The number of hydrogen-bond acceptors (Lipinski definition) is 23. The SMILES string of the molecule is CC(C)(Nc1ccnc(-c2ccc3c(c2)OCO3)n1)C(=O)NCC(F)(F)F.CC(C)(Nc1ccnc(-c2ccc3ncccc3c2)n1)C(=O)NCC(F)(F)F.CC(C)[C@@H](Nc1ccnc(-c2ccc3nc(N)sc3c2)n1)C(=O)CCC(F)(F)F.CC(C)[C@@H](Nc1ccnc(-c2ccc3ncccc3c2)n1)C(=O)NCC(F)(F)F.[HH].[HH].[HH].[HH].[HH].[HH]. The molecule has 0 aliphatic carbocycles. The molecule has 25 nitrogen and oxygen atoms in total. The van der Waals surface area contributed by atoms with Crippen LogP contribution >= 0.6 is 11.3 Å². The Hall–Kier alpha value is -12.3. The molecule has 0 unspecified atom stereocenters. The van der Waals surface area contributed by atoms with Crippen LogP contribution in [0.5, 0.6) is 11.5 Å². The van der Waals surface area contributed by atoms with Gasteiger partial charge >= 0.3 is 24.7 Å². The fourth-order valence-electron chi connectivity index (χ4n) is 10.6. The molecule has 38 heteroatoms. The van der Waals surface area contributed by atoms with E-state index in [-0.39, 0.29) is 27.2 Å². The number of nitrogens with zero attached hydrogens (tertiary/aromatic N) is 11. The van der Waals surface area contributed by atoms with Crippen molar-refractivity contribution in [1.82, 2.24) is 70.8 Å². The van der Waals surface area contributed by atoms with Crippen LogP contribution in [-0.4, -0.2) is 153 Å². The minimum Gasteiger partial charge on any atom is -0.454 e. The standard InChI is InChI=1S/C20H20F3N5O.C19H20F3N5OS.C19H18F3N5O.C17H17F3N4O3.6H2/c1-12(2)17(19(29)26-11-20(21,22)23)27-16-7-9-25-18(28-16)14-5-6-15-13(10-14)4-3-8-24-15;1-10(2)16(13(28)5-7-19(20,21)22)26-15-6-8-24-17(27-15)11-3-4-12-14(9-11)29-18(23)25-12;1-18(2,17(28)25-11-19(20,21)22)27-15-7-9-24-16(26-15)13-5-6-14-12(10-13)4-3-8-23-14;1-16(2,15(25)22-8-17(18,19)20)24-13-5-6-21-14(23-13)10-3-4-11-12(7-10)27-9-26-11;;;;;;/h3-10,12,17H,11H2,1-2H3,(H,26,29)(H,25,27,28);3-4,6,8-10,16H,5,7H2,1-2H3,(H2,23,25)(H,24,26,27);3-10H,11H2,1-2H3,(H,25,28)(H,24,26,27);3-7H,8-9H2,1-2H3,(H,22,25)(H,21,23,24);6*1H/t17-;16-;;;;;;;;/m11......../s1. The van der Waals surface area contributed by atoms with Gasteiger partial charge < -0.3 is 52.4 Å². The number of alkyl halides is 12. The second-order valence-electron chi connectivity index (χ2n) is 26.9. The second kappa shape index (κ2) is 36.3. The van der Waals surface area contributed by atoms with Crippen molar-refractivity contribution in [2.45, 2.75) is 116 Å². The summed E-state index contributed by atoms with van der Waals surface area (Å²) in [6.07, 6.45) is -10.0. The quantitative estimate of drug-likeness (QED) is 0.0276. The van der Waals surface area contributed by atoms with Gasteiger partial charge in [0.25, 0.3) is 0 Å². The Kier molecular flexibility index (Phi) is 27.2. The molecule has 0 radical (unpaired) electrons. The molecule has 0 spiro atoms. The summed E-state index contributed by atoms with van der Waals surface area (Å²) >= 11 is 1.35. The van der Waals surface area contributed by atoms with Gasteiger partial charge in [0.2, 0.25) is 24.5 Å². The number of Topliss-reactive ketones (excluding diaryl/α,β-unsaturated/α-hetero) is 1.